The van der Waals surface area contributed by atoms with Crippen LogP contribution in [0.2, 0.25) is 0 Å². The van der Waals surface area contributed by atoms with Crippen molar-refractivity contribution in [2.75, 3.05) is 31.1 Å². The summed E-state index contributed by atoms with van der Waals surface area (Å²) < 4.78 is 7.57. The van der Waals surface area contributed by atoms with Gasteiger partial charge in [0.25, 0.3) is 0 Å². The fourth-order valence-electron chi connectivity index (χ4n) is 4.76. The molecule has 0 N–H and O–H groups in total. The van der Waals surface area contributed by atoms with Gasteiger partial charge >= 0.3 is 6.09 Å². The number of aryl methyl sites for hydroxylation is 2. The Morgan fingerprint density at radius 2 is 1.75 bits per heavy atom. The lowest BCUT2D eigenvalue weighted by atomic mass is 9.95. The summed E-state index contributed by atoms with van der Waals surface area (Å²) in [6.07, 6.45) is 8.11. The molecule has 4 heterocycles. The number of nitrogens with zero attached hydrogens (tertiary/aromatic N) is 7. The number of carbonyl (C=O) groups is 1. The van der Waals surface area contributed by atoms with Gasteiger partial charge in [0.1, 0.15) is 11.4 Å². The number of pyridine rings is 1. The molecule has 2 aliphatic rings. The molecule has 0 aromatic carbocycles. The van der Waals surface area contributed by atoms with Gasteiger partial charge in [-0.05, 0) is 65.2 Å². The van der Waals surface area contributed by atoms with E-state index < -0.39 is 5.60 Å². The number of hydrogen-bond donors (Lipinski definition) is 0. The molecule has 0 radical (unpaired) electrons. The predicted octanol–water partition coefficient (Wildman–Crippen LogP) is 4.06. The highest BCUT2D eigenvalue weighted by Crippen LogP contribution is 2.33. The van der Waals surface area contributed by atoms with Crippen LogP contribution in [0.5, 0.6) is 0 Å². The second-order valence-electron chi connectivity index (χ2n) is 10.9. The minimum Gasteiger partial charge on any atom is -0.444 e. The molecule has 1 saturated heterocycles. The Balaban J connectivity index is 1.24. The third-order valence-corrected chi connectivity index (χ3v) is 6.61. The topological polar surface area (TPSA) is 89.3 Å². The van der Waals surface area contributed by atoms with Gasteiger partial charge in [-0.2, -0.15) is 5.10 Å². The van der Waals surface area contributed by atoms with E-state index in [2.05, 4.69) is 39.6 Å². The number of piperazine rings is 1. The third kappa shape index (κ3) is 5.05. The lowest BCUT2D eigenvalue weighted by Crippen LogP contribution is -2.50. The summed E-state index contributed by atoms with van der Waals surface area (Å²) in [5.74, 6) is 0.768. The molecule has 0 unspecified atom stereocenters. The van der Waals surface area contributed by atoms with Crippen molar-refractivity contribution in [1.82, 2.24) is 29.6 Å². The number of anilines is 1. The Hall–Kier alpha value is -3.49. The van der Waals surface area contributed by atoms with Gasteiger partial charge in [0, 0.05) is 49.7 Å². The van der Waals surface area contributed by atoms with Crippen molar-refractivity contribution >= 4 is 11.8 Å². The van der Waals surface area contributed by atoms with E-state index in [0.29, 0.717) is 19.5 Å². The number of carbonyl (C=O) groups excluding carboxylic acids is 1. The zero-order valence-electron chi connectivity index (χ0n) is 21.9. The van der Waals surface area contributed by atoms with Crippen LogP contribution < -0.4 is 4.90 Å². The van der Waals surface area contributed by atoms with Crippen molar-refractivity contribution in [3.8, 4) is 11.4 Å². The first-order valence-corrected chi connectivity index (χ1v) is 12.8. The Kier molecular flexibility index (Phi) is 6.40. The Morgan fingerprint density at radius 1 is 1.00 bits per heavy atom. The average molecular weight is 490 g/mol. The summed E-state index contributed by atoms with van der Waals surface area (Å²) in [5.41, 5.74) is 6.08. The van der Waals surface area contributed by atoms with E-state index in [9.17, 15) is 4.79 Å². The fourth-order valence-corrected chi connectivity index (χ4v) is 4.76. The van der Waals surface area contributed by atoms with Crippen molar-refractivity contribution < 1.29 is 9.53 Å². The first kappa shape index (κ1) is 24.2. The summed E-state index contributed by atoms with van der Waals surface area (Å²) in [5, 5.41) is 4.60. The predicted molar refractivity (Wildman–Crippen MR) is 138 cm³/mol. The van der Waals surface area contributed by atoms with E-state index in [1.807, 2.05) is 45.4 Å². The number of amides is 1. The molecular weight excluding hydrogens is 454 g/mol. The van der Waals surface area contributed by atoms with Gasteiger partial charge in [0.2, 0.25) is 0 Å². The molecule has 190 valence electrons. The molecule has 0 saturated carbocycles. The number of ether oxygens (including phenoxy) is 1. The summed E-state index contributed by atoms with van der Waals surface area (Å²) in [6, 6.07) is 4.41. The maximum atomic E-state index is 12.3. The van der Waals surface area contributed by atoms with Crippen LogP contribution in [0.15, 0.2) is 30.7 Å². The number of hydrogen-bond acceptors (Lipinski definition) is 7. The lowest BCUT2D eigenvalue weighted by molar-refractivity contribution is 0.0240. The van der Waals surface area contributed by atoms with Crippen LogP contribution in [-0.4, -0.2) is 67.5 Å². The molecule has 0 bridgehead atoms. The molecule has 3 aromatic heterocycles. The highest BCUT2D eigenvalue weighted by Gasteiger charge is 2.27. The van der Waals surface area contributed by atoms with Crippen molar-refractivity contribution in [2.45, 2.75) is 65.5 Å². The maximum Gasteiger partial charge on any atom is 0.410 e. The Bertz CT molecular complexity index is 1240. The number of aromatic nitrogens is 5. The first-order chi connectivity index (χ1) is 17.2. The van der Waals surface area contributed by atoms with E-state index in [1.165, 1.54) is 11.1 Å². The van der Waals surface area contributed by atoms with Crippen molar-refractivity contribution in [3.63, 3.8) is 0 Å². The summed E-state index contributed by atoms with van der Waals surface area (Å²) in [4.78, 5) is 30.6. The van der Waals surface area contributed by atoms with Gasteiger partial charge in [-0.15, -0.1) is 0 Å². The molecule has 0 atom stereocenters. The van der Waals surface area contributed by atoms with Crippen molar-refractivity contribution in [3.05, 3.63) is 53.4 Å². The maximum absolute atomic E-state index is 12.3. The summed E-state index contributed by atoms with van der Waals surface area (Å²) >= 11 is 0. The van der Waals surface area contributed by atoms with E-state index >= 15 is 0 Å². The molecular formula is C27H35N7O2. The van der Waals surface area contributed by atoms with Crippen molar-refractivity contribution in [1.29, 1.82) is 0 Å². The Labute approximate surface area is 212 Å². The minimum atomic E-state index is -0.479. The van der Waals surface area contributed by atoms with E-state index in [1.54, 1.807) is 4.90 Å². The fraction of sp³-hybridized carbons (Fsp3) is 0.519. The molecule has 1 amide bonds. The van der Waals surface area contributed by atoms with Crippen LogP contribution >= 0.6 is 0 Å². The zero-order chi connectivity index (χ0) is 25.4. The highest BCUT2D eigenvalue weighted by atomic mass is 16.6. The lowest BCUT2D eigenvalue weighted by Gasteiger charge is -2.36. The van der Waals surface area contributed by atoms with Gasteiger partial charge in [-0.3, -0.25) is 9.67 Å². The van der Waals surface area contributed by atoms with E-state index in [-0.39, 0.29) is 12.1 Å². The number of fused-ring (bicyclic) bond motifs is 3. The van der Waals surface area contributed by atoms with Crippen LogP contribution in [-0.2, 0) is 24.0 Å². The molecule has 3 aromatic rings. The molecule has 1 aliphatic carbocycles. The standard InChI is InChI=1S/C27H35N7O2/c1-18(2)34-25-20(16-30-34)7-6-19-15-29-23(31-24(19)25)14-21-8-9-22(17-28-21)32-10-12-33(13-11-32)26(35)36-27(3,4)5/h8-9,15-18H,6-7,10-14H2,1-5H3. The second kappa shape index (κ2) is 9.52. The van der Waals surface area contributed by atoms with Gasteiger partial charge in [-0.1, -0.05) is 0 Å². The largest absolute Gasteiger partial charge is 0.444 e. The van der Waals surface area contributed by atoms with E-state index in [4.69, 9.17) is 14.7 Å². The molecule has 0 spiro atoms. The van der Waals surface area contributed by atoms with Crippen LogP contribution in [0.3, 0.4) is 0 Å². The Morgan fingerprint density at radius 3 is 2.42 bits per heavy atom. The first-order valence-electron chi connectivity index (χ1n) is 12.8. The summed E-state index contributed by atoms with van der Waals surface area (Å²) in [7, 11) is 0. The van der Waals surface area contributed by atoms with Crippen molar-refractivity contribution in [2.24, 2.45) is 0 Å². The van der Waals surface area contributed by atoms with Gasteiger partial charge in [0.15, 0.2) is 0 Å². The van der Waals surface area contributed by atoms with Crippen LogP contribution in [0.1, 0.15) is 63.3 Å². The smallest absolute Gasteiger partial charge is 0.410 e. The molecule has 9 heteroatoms. The molecule has 5 rings (SSSR count). The molecule has 1 aliphatic heterocycles. The minimum absolute atomic E-state index is 0.246. The quantitative estimate of drug-likeness (QED) is 0.546. The van der Waals surface area contributed by atoms with Gasteiger partial charge in [0.05, 0.1) is 35.9 Å². The highest BCUT2D eigenvalue weighted by molar-refractivity contribution is 5.68. The van der Waals surface area contributed by atoms with Gasteiger partial charge in [-0.25, -0.2) is 14.8 Å². The average Bonchev–Trinajstić information content (AvgIpc) is 3.29. The number of rotatable bonds is 4. The van der Waals surface area contributed by atoms with Crippen LogP contribution in [0.4, 0.5) is 10.5 Å². The SMILES string of the molecule is CC(C)n1ncc2c1-c1nc(Cc3ccc(N4CCN(C(=O)OC(C)(C)C)CC4)cn3)ncc1CC2. The normalized spacial score (nSPS) is 15.6. The molecule has 36 heavy (non-hydrogen) atoms. The van der Waals surface area contributed by atoms with Crippen LogP contribution in [0, 0.1) is 0 Å². The van der Waals surface area contributed by atoms with E-state index in [0.717, 1.165) is 54.5 Å². The molecule has 9 nitrogen and oxygen atoms in total. The third-order valence-electron chi connectivity index (χ3n) is 6.61. The van der Waals surface area contributed by atoms with Crippen LogP contribution in [0.25, 0.3) is 11.4 Å². The van der Waals surface area contributed by atoms with Gasteiger partial charge < -0.3 is 14.5 Å². The zero-order valence-corrected chi connectivity index (χ0v) is 21.9. The second-order valence-corrected chi connectivity index (χ2v) is 10.9. The summed E-state index contributed by atoms with van der Waals surface area (Å²) in [6.45, 7) is 12.7. The monoisotopic (exact) mass is 489 g/mol. The molecule has 1 fully saturated rings.